The average Bonchev–Trinajstić information content (AvgIpc) is 3.26. The first-order chi connectivity index (χ1) is 14.1. The topological polar surface area (TPSA) is 74.8 Å². The first-order valence-electron chi connectivity index (χ1n) is 10.1. The largest absolute Gasteiger partial charge is 0.376 e. The Balaban J connectivity index is 0.00000320. The van der Waals surface area contributed by atoms with Crippen LogP contribution < -0.4 is 16.0 Å². The van der Waals surface area contributed by atoms with Crippen LogP contribution in [0.4, 0.5) is 0 Å². The Bertz CT molecular complexity index is 851. The summed E-state index contributed by atoms with van der Waals surface area (Å²) in [5.74, 6) is 0.657. The number of carbonyl (C=O) groups is 1. The van der Waals surface area contributed by atoms with Gasteiger partial charge in [-0.05, 0) is 43.0 Å². The molecule has 1 unspecified atom stereocenters. The lowest BCUT2D eigenvalue weighted by Gasteiger charge is -2.13. The van der Waals surface area contributed by atoms with E-state index < -0.39 is 0 Å². The van der Waals surface area contributed by atoms with E-state index in [0.717, 1.165) is 31.0 Å². The lowest BCUT2D eigenvalue weighted by molar-refractivity contribution is 0.0857. The van der Waals surface area contributed by atoms with E-state index in [1.165, 1.54) is 11.1 Å². The van der Waals surface area contributed by atoms with Crippen molar-refractivity contribution in [2.24, 2.45) is 4.99 Å². The number of carbonyl (C=O) groups excluding carboxylic acids is 1. The van der Waals surface area contributed by atoms with Crippen LogP contribution in [0.5, 0.6) is 0 Å². The third-order valence-electron chi connectivity index (χ3n) is 4.93. The van der Waals surface area contributed by atoms with E-state index in [4.69, 9.17) is 4.74 Å². The maximum absolute atomic E-state index is 12.4. The molecule has 3 rings (SSSR count). The summed E-state index contributed by atoms with van der Waals surface area (Å²) in [5.41, 5.74) is 4.12. The zero-order valence-electron chi connectivity index (χ0n) is 17.6. The third kappa shape index (κ3) is 7.60. The quantitative estimate of drug-likeness (QED) is 0.296. The molecule has 7 heteroatoms. The van der Waals surface area contributed by atoms with Gasteiger partial charge in [0.15, 0.2) is 5.96 Å². The third-order valence-corrected chi connectivity index (χ3v) is 4.93. The summed E-state index contributed by atoms with van der Waals surface area (Å²) in [6.07, 6.45) is 2.23. The summed E-state index contributed by atoms with van der Waals surface area (Å²) in [4.78, 5) is 16.7. The zero-order chi connectivity index (χ0) is 20.5. The average molecular weight is 522 g/mol. The summed E-state index contributed by atoms with van der Waals surface area (Å²) in [6, 6.07) is 16.0. The number of amides is 1. The van der Waals surface area contributed by atoms with Crippen molar-refractivity contribution >= 4 is 35.8 Å². The van der Waals surface area contributed by atoms with Crippen LogP contribution in [0.25, 0.3) is 0 Å². The van der Waals surface area contributed by atoms with Crippen LogP contribution in [-0.4, -0.2) is 38.2 Å². The first-order valence-corrected chi connectivity index (χ1v) is 10.1. The molecule has 1 atom stereocenters. The number of guanidine groups is 1. The van der Waals surface area contributed by atoms with Gasteiger partial charge in [-0.15, -0.1) is 24.0 Å². The highest BCUT2D eigenvalue weighted by Gasteiger charge is 2.16. The molecule has 1 amide bonds. The minimum atomic E-state index is -0.0655. The number of aliphatic imine (C=N–C) groups is 1. The molecule has 0 saturated carbocycles. The summed E-state index contributed by atoms with van der Waals surface area (Å²) in [7, 11) is 1.75. The van der Waals surface area contributed by atoms with Crippen LogP contribution in [0, 0.1) is 6.92 Å². The molecule has 0 radical (unpaired) electrons. The van der Waals surface area contributed by atoms with E-state index >= 15 is 0 Å². The number of nitrogens with one attached hydrogen (secondary N) is 3. The fraction of sp³-hybridized carbons (Fsp3) is 0.391. The molecule has 0 spiro atoms. The molecule has 3 N–H and O–H groups in total. The van der Waals surface area contributed by atoms with Gasteiger partial charge in [-0.2, -0.15) is 0 Å². The molecule has 1 heterocycles. The SMILES string of the molecule is CN=C(NCc1cccc(C)c1)NCc1cccc(C(=O)NCC2CCCO2)c1.I. The lowest BCUT2D eigenvalue weighted by atomic mass is 10.1. The highest BCUT2D eigenvalue weighted by molar-refractivity contribution is 14.0. The van der Waals surface area contributed by atoms with Gasteiger partial charge in [0.2, 0.25) is 0 Å². The van der Waals surface area contributed by atoms with Crippen molar-refractivity contribution < 1.29 is 9.53 Å². The Morgan fingerprint density at radius 2 is 1.77 bits per heavy atom. The molecule has 0 bridgehead atoms. The minimum absolute atomic E-state index is 0. The Morgan fingerprint density at radius 1 is 1.07 bits per heavy atom. The van der Waals surface area contributed by atoms with Crippen LogP contribution in [0.2, 0.25) is 0 Å². The second-order valence-corrected chi connectivity index (χ2v) is 7.31. The molecule has 162 valence electrons. The Kier molecular flexibility index (Phi) is 10.1. The monoisotopic (exact) mass is 522 g/mol. The molecule has 2 aromatic carbocycles. The predicted octanol–water partition coefficient (Wildman–Crippen LogP) is 3.39. The molecular formula is C23H31IN4O2. The van der Waals surface area contributed by atoms with E-state index in [2.05, 4.69) is 52.1 Å². The second-order valence-electron chi connectivity index (χ2n) is 7.31. The van der Waals surface area contributed by atoms with Gasteiger partial charge in [0.25, 0.3) is 5.91 Å². The maximum atomic E-state index is 12.4. The van der Waals surface area contributed by atoms with E-state index in [9.17, 15) is 4.79 Å². The van der Waals surface area contributed by atoms with Gasteiger partial charge >= 0.3 is 0 Å². The molecule has 0 aromatic heterocycles. The van der Waals surface area contributed by atoms with Crippen molar-refractivity contribution in [3.05, 3.63) is 70.8 Å². The summed E-state index contributed by atoms with van der Waals surface area (Å²) in [6.45, 7) is 4.73. The molecule has 1 saturated heterocycles. The van der Waals surface area contributed by atoms with Crippen molar-refractivity contribution in [1.82, 2.24) is 16.0 Å². The number of benzene rings is 2. The smallest absolute Gasteiger partial charge is 0.251 e. The number of rotatable bonds is 7. The van der Waals surface area contributed by atoms with Crippen LogP contribution in [-0.2, 0) is 17.8 Å². The number of halogens is 1. The van der Waals surface area contributed by atoms with Crippen molar-refractivity contribution in [2.75, 3.05) is 20.2 Å². The van der Waals surface area contributed by atoms with Gasteiger partial charge in [0.05, 0.1) is 6.10 Å². The number of hydrogen-bond donors (Lipinski definition) is 3. The zero-order valence-corrected chi connectivity index (χ0v) is 19.9. The van der Waals surface area contributed by atoms with Crippen molar-refractivity contribution in [1.29, 1.82) is 0 Å². The van der Waals surface area contributed by atoms with Gasteiger partial charge in [-0.3, -0.25) is 9.79 Å². The molecular weight excluding hydrogens is 491 g/mol. The van der Waals surface area contributed by atoms with Crippen molar-refractivity contribution in [3.63, 3.8) is 0 Å². The Morgan fingerprint density at radius 3 is 2.40 bits per heavy atom. The predicted molar refractivity (Wildman–Crippen MR) is 131 cm³/mol. The molecule has 6 nitrogen and oxygen atoms in total. The van der Waals surface area contributed by atoms with Gasteiger partial charge < -0.3 is 20.7 Å². The molecule has 1 aliphatic heterocycles. The van der Waals surface area contributed by atoms with Gasteiger partial charge in [-0.25, -0.2) is 0 Å². The standard InChI is InChI=1S/C23H30N4O2.HI/c1-17-6-3-7-18(12-17)14-26-23(24-2)27-15-19-8-4-9-20(13-19)22(28)25-16-21-10-5-11-29-21;/h3-4,6-9,12-13,21H,5,10-11,14-16H2,1-2H3,(H,25,28)(H2,24,26,27);1H. The number of nitrogens with zero attached hydrogens (tertiary/aromatic N) is 1. The molecule has 2 aromatic rings. The Labute approximate surface area is 195 Å². The van der Waals surface area contributed by atoms with Crippen LogP contribution in [0.3, 0.4) is 0 Å². The highest BCUT2D eigenvalue weighted by atomic mass is 127. The normalized spacial score (nSPS) is 15.9. The second kappa shape index (κ2) is 12.5. The molecule has 0 aliphatic carbocycles. The highest BCUT2D eigenvalue weighted by Crippen LogP contribution is 2.11. The van der Waals surface area contributed by atoms with Crippen LogP contribution in [0.15, 0.2) is 53.5 Å². The molecule has 30 heavy (non-hydrogen) atoms. The summed E-state index contributed by atoms with van der Waals surface area (Å²) >= 11 is 0. The fourth-order valence-corrected chi connectivity index (χ4v) is 3.35. The van der Waals surface area contributed by atoms with Gasteiger partial charge in [0, 0.05) is 38.9 Å². The van der Waals surface area contributed by atoms with E-state index in [1.807, 2.05) is 24.3 Å². The molecule has 1 aliphatic rings. The van der Waals surface area contributed by atoms with E-state index in [1.54, 1.807) is 7.05 Å². The van der Waals surface area contributed by atoms with Crippen LogP contribution >= 0.6 is 24.0 Å². The van der Waals surface area contributed by atoms with E-state index in [-0.39, 0.29) is 36.0 Å². The minimum Gasteiger partial charge on any atom is -0.376 e. The van der Waals surface area contributed by atoms with Crippen LogP contribution in [0.1, 0.15) is 39.9 Å². The molecule has 1 fully saturated rings. The first kappa shape index (κ1) is 24.1. The number of aryl methyl sites for hydroxylation is 1. The summed E-state index contributed by atoms with van der Waals surface area (Å²) in [5, 5.41) is 9.59. The van der Waals surface area contributed by atoms with Crippen molar-refractivity contribution in [2.45, 2.75) is 39.0 Å². The van der Waals surface area contributed by atoms with Gasteiger partial charge in [-0.1, -0.05) is 42.0 Å². The van der Waals surface area contributed by atoms with E-state index in [0.29, 0.717) is 25.2 Å². The maximum Gasteiger partial charge on any atom is 0.251 e. The lowest BCUT2D eigenvalue weighted by Crippen LogP contribution is -2.36. The Hall–Kier alpha value is -2.13. The van der Waals surface area contributed by atoms with Crippen molar-refractivity contribution in [3.8, 4) is 0 Å². The number of hydrogen-bond acceptors (Lipinski definition) is 3. The van der Waals surface area contributed by atoms with Gasteiger partial charge in [0.1, 0.15) is 0 Å². The number of ether oxygens (including phenoxy) is 1. The summed E-state index contributed by atoms with van der Waals surface area (Å²) < 4.78 is 5.56. The fourth-order valence-electron chi connectivity index (χ4n) is 3.35.